The van der Waals surface area contributed by atoms with E-state index in [9.17, 15) is 9.59 Å². The molecule has 0 saturated heterocycles. The van der Waals surface area contributed by atoms with Crippen molar-refractivity contribution in [3.63, 3.8) is 0 Å². The number of nitrogens with one attached hydrogen (secondary N) is 1. The van der Waals surface area contributed by atoms with Gasteiger partial charge < -0.3 is 15.3 Å². The van der Waals surface area contributed by atoms with Crippen molar-refractivity contribution in [2.24, 2.45) is 5.92 Å². The SMILES string of the molecule is CC(CCNC(=O)c1ccc(N(C)C)nc1)CCC(=O)O. The van der Waals surface area contributed by atoms with Gasteiger partial charge in [-0.3, -0.25) is 9.59 Å². The van der Waals surface area contributed by atoms with Gasteiger partial charge in [0.05, 0.1) is 5.56 Å². The predicted octanol–water partition coefficient (Wildman–Crippen LogP) is 1.77. The van der Waals surface area contributed by atoms with Crippen molar-refractivity contribution >= 4 is 17.7 Å². The smallest absolute Gasteiger partial charge is 0.303 e. The largest absolute Gasteiger partial charge is 0.481 e. The van der Waals surface area contributed by atoms with Gasteiger partial charge in [0.25, 0.3) is 5.91 Å². The van der Waals surface area contributed by atoms with Crippen molar-refractivity contribution in [1.82, 2.24) is 10.3 Å². The first-order chi connectivity index (χ1) is 9.90. The summed E-state index contributed by atoms with van der Waals surface area (Å²) < 4.78 is 0. The number of carboxylic acid groups (broad SMARTS) is 1. The van der Waals surface area contributed by atoms with Gasteiger partial charge in [-0.2, -0.15) is 0 Å². The Hall–Kier alpha value is -2.11. The summed E-state index contributed by atoms with van der Waals surface area (Å²) in [6.07, 6.45) is 3.12. The molecule has 21 heavy (non-hydrogen) atoms. The first kappa shape index (κ1) is 16.9. The Bertz CT molecular complexity index is 472. The number of hydrogen-bond donors (Lipinski definition) is 2. The highest BCUT2D eigenvalue weighted by Gasteiger charge is 2.09. The molecule has 1 amide bonds. The van der Waals surface area contributed by atoms with Gasteiger partial charge in [0.15, 0.2) is 0 Å². The third kappa shape index (κ3) is 6.25. The van der Waals surface area contributed by atoms with Crippen LogP contribution in [0.15, 0.2) is 18.3 Å². The maximum Gasteiger partial charge on any atom is 0.303 e. The third-order valence-corrected chi connectivity index (χ3v) is 3.24. The summed E-state index contributed by atoms with van der Waals surface area (Å²) in [5.74, 6) is 0.140. The number of carbonyl (C=O) groups is 2. The Balaban J connectivity index is 2.35. The number of aromatic nitrogens is 1. The van der Waals surface area contributed by atoms with Crippen LogP contribution in [0.25, 0.3) is 0 Å². The molecule has 0 aliphatic heterocycles. The first-order valence-electron chi connectivity index (χ1n) is 7.03. The van der Waals surface area contributed by atoms with Gasteiger partial charge >= 0.3 is 5.97 Å². The van der Waals surface area contributed by atoms with Gasteiger partial charge in [-0.1, -0.05) is 6.92 Å². The van der Waals surface area contributed by atoms with Crippen LogP contribution in [0.2, 0.25) is 0 Å². The van der Waals surface area contributed by atoms with Crippen LogP contribution in [0.4, 0.5) is 5.82 Å². The zero-order valence-electron chi connectivity index (χ0n) is 12.8. The molecule has 1 aromatic heterocycles. The van der Waals surface area contributed by atoms with Crippen LogP contribution in [0.5, 0.6) is 0 Å². The third-order valence-electron chi connectivity index (χ3n) is 3.24. The zero-order valence-corrected chi connectivity index (χ0v) is 12.8. The van der Waals surface area contributed by atoms with E-state index >= 15 is 0 Å². The van der Waals surface area contributed by atoms with Gasteiger partial charge in [0.1, 0.15) is 5.82 Å². The Labute approximate surface area is 125 Å². The number of pyridine rings is 1. The number of rotatable bonds is 8. The fourth-order valence-corrected chi connectivity index (χ4v) is 1.83. The summed E-state index contributed by atoms with van der Waals surface area (Å²) in [5.41, 5.74) is 0.527. The van der Waals surface area contributed by atoms with Crippen LogP contribution in [-0.2, 0) is 4.79 Å². The van der Waals surface area contributed by atoms with Crippen LogP contribution in [-0.4, -0.2) is 42.6 Å². The van der Waals surface area contributed by atoms with Gasteiger partial charge in [0.2, 0.25) is 0 Å². The van der Waals surface area contributed by atoms with Gasteiger partial charge in [-0.15, -0.1) is 0 Å². The minimum absolute atomic E-state index is 0.154. The number of aliphatic carboxylic acids is 1. The monoisotopic (exact) mass is 293 g/mol. The first-order valence-corrected chi connectivity index (χ1v) is 7.03. The van der Waals surface area contributed by atoms with Crippen molar-refractivity contribution < 1.29 is 14.7 Å². The van der Waals surface area contributed by atoms with Crippen LogP contribution in [0.3, 0.4) is 0 Å². The van der Waals surface area contributed by atoms with Crippen LogP contribution in [0.1, 0.15) is 36.5 Å². The molecule has 0 bridgehead atoms. The van der Waals surface area contributed by atoms with Crippen LogP contribution in [0, 0.1) is 5.92 Å². The average Bonchev–Trinajstić information content (AvgIpc) is 2.45. The molecule has 0 aliphatic carbocycles. The highest BCUT2D eigenvalue weighted by atomic mass is 16.4. The molecule has 1 heterocycles. The molecule has 0 aliphatic rings. The van der Waals surface area contributed by atoms with E-state index in [-0.39, 0.29) is 18.2 Å². The lowest BCUT2D eigenvalue weighted by Gasteiger charge is -2.12. The number of nitrogens with zero attached hydrogens (tertiary/aromatic N) is 2. The molecule has 0 spiro atoms. The lowest BCUT2D eigenvalue weighted by atomic mass is 10.0. The number of carbonyl (C=O) groups excluding carboxylic acids is 1. The fraction of sp³-hybridized carbons (Fsp3) is 0.533. The van der Waals surface area contributed by atoms with Crippen molar-refractivity contribution in [3.8, 4) is 0 Å². The summed E-state index contributed by atoms with van der Waals surface area (Å²) in [7, 11) is 3.78. The minimum Gasteiger partial charge on any atom is -0.481 e. The highest BCUT2D eigenvalue weighted by molar-refractivity contribution is 5.94. The van der Waals surface area contributed by atoms with Crippen LogP contribution >= 0.6 is 0 Å². The predicted molar refractivity (Wildman–Crippen MR) is 81.5 cm³/mol. The second-order valence-electron chi connectivity index (χ2n) is 5.38. The van der Waals surface area contributed by atoms with Crippen LogP contribution < -0.4 is 10.2 Å². The standard InChI is InChI=1S/C15H23N3O3/c1-11(4-7-14(19)20)8-9-16-15(21)12-5-6-13(17-10-12)18(2)3/h5-6,10-11H,4,7-9H2,1-3H3,(H,16,21)(H,19,20). The molecule has 0 saturated carbocycles. The van der Waals surface area contributed by atoms with Gasteiger partial charge in [-0.25, -0.2) is 4.98 Å². The van der Waals surface area contributed by atoms with Gasteiger partial charge in [-0.05, 0) is 30.9 Å². The highest BCUT2D eigenvalue weighted by Crippen LogP contribution is 2.10. The summed E-state index contributed by atoms with van der Waals surface area (Å²) >= 11 is 0. The molecule has 1 rings (SSSR count). The second kappa shape index (κ2) is 8.24. The molecule has 6 heteroatoms. The fourth-order valence-electron chi connectivity index (χ4n) is 1.83. The van der Waals surface area contributed by atoms with Gasteiger partial charge in [0, 0.05) is 33.3 Å². The molecule has 116 valence electrons. The Morgan fingerprint density at radius 3 is 2.57 bits per heavy atom. The average molecular weight is 293 g/mol. The van der Waals surface area contributed by atoms with Crippen molar-refractivity contribution in [2.45, 2.75) is 26.2 Å². The maximum atomic E-state index is 11.9. The van der Waals surface area contributed by atoms with E-state index in [2.05, 4.69) is 10.3 Å². The zero-order chi connectivity index (χ0) is 15.8. The van der Waals surface area contributed by atoms with Crippen molar-refractivity contribution in [3.05, 3.63) is 23.9 Å². The number of carboxylic acids is 1. The quantitative estimate of drug-likeness (QED) is 0.763. The Morgan fingerprint density at radius 2 is 2.05 bits per heavy atom. The number of amides is 1. The normalized spacial score (nSPS) is 11.8. The number of hydrogen-bond acceptors (Lipinski definition) is 4. The lowest BCUT2D eigenvalue weighted by Crippen LogP contribution is -2.26. The molecule has 0 radical (unpaired) electrons. The Morgan fingerprint density at radius 1 is 1.33 bits per heavy atom. The van der Waals surface area contributed by atoms with Crippen molar-refractivity contribution in [2.75, 3.05) is 25.5 Å². The summed E-state index contributed by atoms with van der Waals surface area (Å²) in [6.45, 7) is 2.53. The Kier molecular flexibility index (Phi) is 6.65. The summed E-state index contributed by atoms with van der Waals surface area (Å²) in [6, 6.07) is 3.54. The van der Waals surface area contributed by atoms with E-state index in [1.165, 1.54) is 0 Å². The topological polar surface area (TPSA) is 82.5 Å². The molecule has 1 atom stereocenters. The molecule has 0 fully saturated rings. The van der Waals surface area contributed by atoms with E-state index in [0.717, 1.165) is 12.2 Å². The molecule has 0 aromatic carbocycles. The number of anilines is 1. The van der Waals surface area contributed by atoms with Crippen molar-refractivity contribution in [1.29, 1.82) is 0 Å². The maximum absolute atomic E-state index is 11.9. The second-order valence-corrected chi connectivity index (χ2v) is 5.38. The van der Waals surface area contributed by atoms with E-state index in [1.807, 2.05) is 25.9 Å². The van der Waals surface area contributed by atoms with E-state index < -0.39 is 5.97 Å². The summed E-state index contributed by atoms with van der Waals surface area (Å²) in [5, 5.41) is 11.4. The molecule has 1 aromatic rings. The summed E-state index contributed by atoms with van der Waals surface area (Å²) in [4.78, 5) is 28.4. The molecular formula is C15H23N3O3. The minimum atomic E-state index is -0.780. The van der Waals surface area contributed by atoms with E-state index in [0.29, 0.717) is 18.5 Å². The molecule has 2 N–H and O–H groups in total. The molecule has 1 unspecified atom stereocenters. The van der Waals surface area contributed by atoms with E-state index in [1.54, 1.807) is 18.3 Å². The molecular weight excluding hydrogens is 270 g/mol. The molecule has 6 nitrogen and oxygen atoms in total. The lowest BCUT2D eigenvalue weighted by molar-refractivity contribution is -0.137. The van der Waals surface area contributed by atoms with E-state index in [4.69, 9.17) is 5.11 Å².